The molecule has 0 aromatic carbocycles. The number of carboxylic acid groups (broad SMARTS) is 2. The Morgan fingerprint density at radius 2 is 0.971 bits per heavy atom. The zero-order valence-corrected chi connectivity index (χ0v) is 19.9. The number of rotatable bonds is 7. The topological polar surface area (TPSA) is 100 Å². The van der Waals surface area contributed by atoms with Crippen LogP contribution in [0.4, 0.5) is 0 Å². The molecule has 8 heteroatoms. The molecular formula is C26H24N2O4S2. The van der Waals surface area contributed by atoms with Crippen LogP contribution in [0.1, 0.15) is 35.1 Å². The predicted molar refractivity (Wildman–Crippen MR) is 139 cm³/mol. The normalized spacial score (nSPS) is 10.2. The summed E-state index contributed by atoms with van der Waals surface area (Å²) in [5.74, 6) is -2.15. The first kappa shape index (κ1) is 26.4. The Bertz CT molecular complexity index is 1050. The first-order valence-electron chi connectivity index (χ1n) is 10.2. The van der Waals surface area contributed by atoms with Gasteiger partial charge in [-0.25, -0.2) is 0 Å². The van der Waals surface area contributed by atoms with E-state index in [0.717, 1.165) is 0 Å². The third-order valence-electron chi connectivity index (χ3n) is 3.99. The smallest absolute Gasteiger partial charge is 0.303 e. The van der Waals surface area contributed by atoms with Gasteiger partial charge < -0.3 is 10.2 Å². The van der Waals surface area contributed by atoms with Crippen molar-refractivity contribution in [1.82, 2.24) is 9.97 Å². The summed E-state index contributed by atoms with van der Waals surface area (Å²) in [6.07, 6.45) is 15.0. The van der Waals surface area contributed by atoms with Crippen LogP contribution in [-0.2, 0) is 9.59 Å². The van der Waals surface area contributed by atoms with E-state index in [1.165, 1.54) is 22.3 Å². The Morgan fingerprint density at radius 1 is 0.618 bits per heavy atom. The number of aromatic nitrogens is 2. The lowest BCUT2D eigenvalue weighted by Crippen LogP contribution is -2.00. The summed E-state index contributed by atoms with van der Waals surface area (Å²) in [7, 11) is 0. The molecular weight excluding hydrogens is 468 g/mol. The van der Waals surface area contributed by atoms with Crippen molar-refractivity contribution in [3.8, 4) is 0 Å². The van der Waals surface area contributed by atoms with Crippen LogP contribution in [0.5, 0.6) is 0 Å². The van der Waals surface area contributed by atoms with Crippen LogP contribution in [0.25, 0.3) is 24.3 Å². The van der Waals surface area contributed by atoms with Gasteiger partial charge in [-0.3, -0.25) is 19.6 Å². The average Bonchev–Trinajstić information content (AvgIpc) is 3.57. The first-order chi connectivity index (χ1) is 16.5. The van der Waals surface area contributed by atoms with Crippen LogP contribution in [0, 0.1) is 0 Å². The van der Waals surface area contributed by atoms with Gasteiger partial charge in [-0.05, 0) is 80.2 Å². The molecule has 0 atom stereocenters. The highest BCUT2D eigenvalue weighted by Gasteiger charge is 2.00. The van der Waals surface area contributed by atoms with Gasteiger partial charge in [0.2, 0.25) is 0 Å². The van der Waals surface area contributed by atoms with Crippen LogP contribution in [-0.4, -0.2) is 32.1 Å². The summed E-state index contributed by atoms with van der Waals surface area (Å²) in [6.45, 7) is 0. The minimum Gasteiger partial charge on any atom is -0.481 e. The predicted octanol–water partition coefficient (Wildman–Crippen LogP) is 6.56. The summed E-state index contributed by atoms with van der Waals surface area (Å²) in [5, 5.41) is 24.2. The summed E-state index contributed by atoms with van der Waals surface area (Å²) >= 11 is 3.42. The van der Waals surface area contributed by atoms with E-state index in [1.807, 2.05) is 24.3 Å². The lowest BCUT2D eigenvalue weighted by molar-refractivity contribution is -0.143. The minimum absolute atomic E-state index is 0.296. The van der Waals surface area contributed by atoms with Crippen LogP contribution >= 0.6 is 22.7 Å². The van der Waals surface area contributed by atoms with Crippen LogP contribution < -0.4 is 0 Å². The van der Waals surface area contributed by atoms with Crippen molar-refractivity contribution in [2.24, 2.45) is 0 Å². The van der Waals surface area contributed by atoms with Gasteiger partial charge in [-0.2, -0.15) is 22.7 Å². The summed E-state index contributed by atoms with van der Waals surface area (Å²) in [4.78, 5) is 27.2. The van der Waals surface area contributed by atoms with E-state index in [1.54, 1.807) is 47.5 Å². The molecule has 4 rings (SSSR count). The Labute approximate surface area is 206 Å². The second-order valence-corrected chi connectivity index (χ2v) is 8.19. The van der Waals surface area contributed by atoms with E-state index in [-0.39, 0.29) is 12.8 Å². The summed E-state index contributed by atoms with van der Waals surface area (Å²) in [5.41, 5.74) is 4.87. The molecule has 174 valence electrons. The Balaban J connectivity index is 0.000000187. The SMILES string of the molecule is C(=C\c1ccsc1)/c1ccncc1.C(=C\c1ccsc1)/c1ccncc1.O=C(O)CCC(=O)O. The van der Waals surface area contributed by atoms with Crippen molar-refractivity contribution >= 4 is 58.9 Å². The molecule has 0 amide bonds. The molecule has 0 aliphatic heterocycles. The zero-order chi connectivity index (χ0) is 24.4. The van der Waals surface area contributed by atoms with Crippen molar-refractivity contribution in [1.29, 1.82) is 0 Å². The maximum Gasteiger partial charge on any atom is 0.303 e. The third-order valence-corrected chi connectivity index (χ3v) is 5.39. The molecule has 0 aliphatic rings. The van der Waals surface area contributed by atoms with Gasteiger partial charge in [0.25, 0.3) is 0 Å². The van der Waals surface area contributed by atoms with Gasteiger partial charge in [0.1, 0.15) is 0 Å². The average molecular weight is 493 g/mol. The quantitative estimate of drug-likeness (QED) is 0.303. The second kappa shape index (κ2) is 15.8. The Morgan fingerprint density at radius 3 is 1.26 bits per heavy atom. The molecule has 4 aromatic heterocycles. The van der Waals surface area contributed by atoms with E-state index < -0.39 is 11.9 Å². The number of hydrogen-bond acceptors (Lipinski definition) is 6. The third kappa shape index (κ3) is 12.2. The lowest BCUT2D eigenvalue weighted by Gasteiger charge is -1.89. The largest absolute Gasteiger partial charge is 0.481 e. The standard InChI is InChI=1S/2C11H9NS.C4H6O4/c2*1(2-11-5-8-13-9-11)10-3-6-12-7-4-10;5-3(6)1-2-4(7)8/h2*1-9H;1-2H2,(H,5,6)(H,7,8)/b2*2-1+;. The van der Waals surface area contributed by atoms with Crippen LogP contribution in [0.2, 0.25) is 0 Å². The van der Waals surface area contributed by atoms with Crippen LogP contribution in [0.3, 0.4) is 0 Å². The van der Waals surface area contributed by atoms with E-state index in [4.69, 9.17) is 10.2 Å². The molecule has 0 radical (unpaired) electrons. The van der Waals surface area contributed by atoms with E-state index in [2.05, 4.69) is 67.9 Å². The lowest BCUT2D eigenvalue weighted by atomic mass is 10.2. The van der Waals surface area contributed by atoms with Gasteiger partial charge in [0, 0.05) is 24.8 Å². The second-order valence-electron chi connectivity index (χ2n) is 6.63. The molecule has 4 aromatic rings. The number of thiophene rings is 2. The molecule has 0 spiro atoms. The van der Waals surface area contributed by atoms with Gasteiger partial charge in [0.15, 0.2) is 0 Å². The molecule has 0 fully saturated rings. The number of aliphatic carboxylic acids is 2. The van der Waals surface area contributed by atoms with E-state index in [0.29, 0.717) is 0 Å². The van der Waals surface area contributed by atoms with Crippen molar-refractivity contribution < 1.29 is 19.8 Å². The van der Waals surface area contributed by atoms with E-state index >= 15 is 0 Å². The first-order valence-corrected chi connectivity index (χ1v) is 12.1. The van der Waals surface area contributed by atoms with Crippen LogP contribution in [0.15, 0.2) is 82.7 Å². The Hall–Kier alpha value is -3.88. The highest BCUT2D eigenvalue weighted by Crippen LogP contribution is 2.11. The van der Waals surface area contributed by atoms with Crippen molar-refractivity contribution in [2.45, 2.75) is 12.8 Å². The maximum absolute atomic E-state index is 9.64. The van der Waals surface area contributed by atoms with Gasteiger partial charge in [-0.1, -0.05) is 24.3 Å². The Kier molecular flexibility index (Phi) is 12.3. The fraction of sp³-hybridized carbons (Fsp3) is 0.0769. The van der Waals surface area contributed by atoms with Gasteiger partial charge >= 0.3 is 11.9 Å². The summed E-state index contributed by atoms with van der Waals surface area (Å²) in [6, 6.07) is 12.2. The fourth-order valence-electron chi connectivity index (χ4n) is 2.29. The minimum atomic E-state index is -1.08. The highest BCUT2D eigenvalue weighted by atomic mass is 32.1. The van der Waals surface area contributed by atoms with Gasteiger partial charge in [0.05, 0.1) is 12.8 Å². The number of nitrogens with zero attached hydrogens (tertiary/aromatic N) is 2. The molecule has 0 bridgehead atoms. The molecule has 0 saturated heterocycles. The molecule has 0 aliphatic carbocycles. The molecule has 4 heterocycles. The molecule has 0 saturated carbocycles. The number of hydrogen-bond donors (Lipinski definition) is 2. The zero-order valence-electron chi connectivity index (χ0n) is 18.2. The fourth-order valence-corrected chi connectivity index (χ4v) is 3.54. The molecule has 2 N–H and O–H groups in total. The molecule has 0 unspecified atom stereocenters. The molecule has 6 nitrogen and oxygen atoms in total. The number of carbonyl (C=O) groups is 2. The maximum atomic E-state index is 9.64. The van der Waals surface area contributed by atoms with Crippen molar-refractivity contribution in [3.05, 3.63) is 105 Å². The summed E-state index contributed by atoms with van der Waals surface area (Å²) < 4.78 is 0. The molecule has 34 heavy (non-hydrogen) atoms. The highest BCUT2D eigenvalue weighted by molar-refractivity contribution is 7.08. The van der Waals surface area contributed by atoms with Crippen molar-refractivity contribution in [3.63, 3.8) is 0 Å². The monoisotopic (exact) mass is 492 g/mol. The number of pyridine rings is 2. The van der Waals surface area contributed by atoms with E-state index in [9.17, 15) is 9.59 Å². The van der Waals surface area contributed by atoms with Gasteiger partial charge in [-0.15, -0.1) is 0 Å². The number of carboxylic acids is 2. The van der Waals surface area contributed by atoms with Crippen molar-refractivity contribution in [2.75, 3.05) is 0 Å².